The minimum Gasteiger partial charge on any atom is -0.468 e. The van der Waals surface area contributed by atoms with E-state index in [4.69, 9.17) is 18.9 Å². The summed E-state index contributed by atoms with van der Waals surface area (Å²) in [5.41, 5.74) is 2.59. The van der Waals surface area contributed by atoms with Crippen molar-refractivity contribution in [2.24, 2.45) is 17.3 Å². The van der Waals surface area contributed by atoms with Crippen LogP contribution >= 0.6 is 0 Å². The minimum atomic E-state index is -1.09. The van der Waals surface area contributed by atoms with Crippen molar-refractivity contribution in [3.63, 3.8) is 0 Å². The highest BCUT2D eigenvalue weighted by molar-refractivity contribution is 5.94. The number of Topliss-reactive ketones (excluding diaryl/α,β-unsaturated/α-hetero) is 1. The van der Waals surface area contributed by atoms with Crippen LogP contribution in [0.5, 0.6) is 0 Å². The van der Waals surface area contributed by atoms with Gasteiger partial charge in [0.25, 0.3) is 0 Å². The molecule has 38 heavy (non-hydrogen) atoms. The van der Waals surface area contributed by atoms with Crippen molar-refractivity contribution in [1.82, 2.24) is 0 Å². The summed E-state index contributed by atoms with van der Waals surface area (Å²) < 4.78 is 23.9. The molecule has 0 amide bonds. The van der Waals surface area contributed by atoms with Crippen molar-refractivity contribution in [3.8, 4) is 0 Å². The van der Waals surface area contributed by atoms with Gasteiger partial charge in [-0.15, -0.1) is 0 Å². The predicted molar refractivity (Wildman–Crippen MR) is 145 cm³/mol. The molecule has 4 rings (SSSR count). The molecule has 0 aliphatic heterocycles. The molecular weight excluding hydrogens is 480 g/mol. The topological polar surface area (TPSA) is 71.1 Å². The number of fused-ring (bicyclic) bond motifs is 1. The smallest absolute Gasteiger partial charge is 0.316 e. The molecule has 0 radical (unpaired) electrons. The Morgan fingerprint density at radius 1 is 0.947 bits per heavy atom. The van der Waals surface area contributed by atoms with Crippen molar-refractivity contribution in [2.75, 3.05) is 20.8 Å². The van der Waals surface area contributed by atoms with Crippen LogP contribution in [0.15, 0.2) is 85.0 Å². The molecule has 2 aromatic rings. The van der Waals surface area contributed by atoms with E-state index in [0.29, 0.717) is 38.9 Å². The molecule has 5 atom stereocenters. The molecule has 2 aromatic carbocycles. The molecule has 2 saturated carbocycles. The van der Waals surface area contributed by atoms with Gasteiger partial charge in [0.1, 0.15) is 11.9 Å². The number of ether oxygens (including phenoxy) is 4. The van der Waals surface area contributed by atoms with Gasteiger partial charge >= 0.3 is 5.97 Å². The SMILES string of the molecule is C=C1CC[C@@]2(C(=O)OC)C(=C)CCC(=O)[C@@H]2[C@H]1[C@H](OCc1ccccc1)[C@@H](COCc1ccccc1)OC. The number of ketones is 1. The van der Waals surface area contributed by atoms with Crippen molar-refractivity contribution in [1.29, 1.82) is 0 Å². The summed E-state index contributed by atoms with van der Waals surface area (Å²) in [6, 6.07) is 19.8. The average molecular weight is 519 g/mol. The number of methoxy groups -OCH3 is 2. The van der Waals surface area contributed by atoms with Crippen LogP contribution in [-0.2, 0) is 41.8 Å². The van der Waals surface area contributed by atoms with Crippen LogP contribution in [-0.4, -0.2) is 44.8 Å². The van der Waals surface area contributed by atoms with E-state index in [1.807, 2.05) is 60.7 Å². The predicted octanol–water partition coefficient (Wildman–Crippen LogP) is 5.46. The molecule has 0 spiro atoms. The van der Waals surface area contributed by atoms with Crippen LogP contribution in [0, 0.1) is 17.3 Å². The summed E-state index contributed by atoms with van der Waals surface area (Å²) in [6.07, 6.45) is 0.757. The van der Waals surface area contributed by atoms with Crippen LogP contribution in [0.2, 0.25) is 0 Å². The molecule has 2 aliphatic rings. The third kappa shape index (κ3) is 5.68. The summed E-state index contributed by atoms with van der Waals surface area (Å²) in [4.78, 5) is 27.0. The summed E-state index contributed by atoms with van der Waals surface area (Å²) in [7, 11) is 2.99. The summed E-state index contributed by atoms with van der Waals surface area (Å²) >= 11 is 0. The second kappa shape index (κ2) is 12.7. The molecule has 0 heterocycles. The van der Waals surface area contributed by atoms with Gasteiger partial charge in [0.2, 0.25) is 0 Å². The lowest BCUT2D eigenvalue weighted by molar-refractivity contribution is -0.171. The average Bonchev–Trinajstić information content (AvgIpc) is 2.95. The Morgan fingerprint density at radius 3 is 2.18 bits per heavy atom. The van der Waals surface area contributed by atoms with E-state index in [-0.39, 0.29) is 12.4 Å². The molecule has 6 nitrogen and oxygen atoms in total. The van der Waals surface area contributed by atoms with Crippen molar-refractivity contribution < 1.29 is 28.5 Å². The fraction of sp³-hybridized carbons (Fsp3) is 0.438. The first-order valence-corrected chi connectivity index (χ1v) is 13.2. The fourth-order valence-electron chi connectivity index (χ4n) is 6.10. The van der Waals surface area contributed by atoms with Gasteiger partial charge in [-0.3, -0.25) is 9.59 Å². The van der Waals surface area contributed by atoms with Crippen molar-refractivity contribution in [3.05, 3.63) is 96.1 Å². The molecule has 6 heteroatoms. The lowest BCUT2D eigenvalue weighted by Gasteiger charge is -2.52. The Kier molecular flexibility index (Phi) is 9.31. The Bertz CT molecular complexity index is 1120. The fourth-order valence-corrected chi connectivity index (χ4v) is 6.10. The van der Waals surface area contributed by atoms with Crippen LogP contribution < -0.4 is 0 Å². The Balaban J connectivity index is 1.67. The molecule has 0 aromatic heterocycles. The van der Waals surface area contributed by atoms with Gasteiger partial charge in [-0.2, -0.15) is 0 Å². The number of esters is 1. The zero-order valence-corrected chi connectivity index (χ0v) is 22.4. The number of benzene rings is 2. The molecule has 0 bridgehead atoms. The summed E-state index contributed by atoms with van der Waals surface area (Å²) in [5, 5.41) is 0. The molecule has 202 valence electrons. The highest BCUT2D eigenvalue weighted by Gasteiger charge is 2.61. The maximum absolute atomic E-state index is 13.6. The van der Waals surface area contributed by atoms with Crippen LogP contribution in [0.4, 0.5) is 0 Å². The second-order valence-electron chi connectivity index (χ2n) is 10.2. The van der Waals surface area contributed by atoms with Gasteiger partial charge in [0.05, 0.1) is 38.4 Å². The second-order valence-corrected chi connectivity index (χ2v) is 10.2. The lowest BCUT2D eigenvalue weighted by Crippen LogP contribution is -2.58. The first-order chi connectivity index (χ1) is 18.4. The molecule has 0 N–H and O–H groups in total. The molecule has 2 fully saturated rings. The first-order valence-electron chi connectivity index (χ1n) is 13.2. The van der Waals surface area contributed by atoms with Crippen LogP contribution in [0.3, 0.4) is 0 Å². The zero-order valence-electron chi connectivity index (χ0n) is 22.4. The largest absolute Gasteiger partial charge is 0.468 e. The van der Waals surface area contributed by atoms with E-state index in [1.165, 1.54) is 7.11 Å². The number of hydrogen-bond donors (Lipinski definition) is 0. The Hall–Kier alpha value is -3.06. The van der Waals surface area contributed by atoms with Gasteiger partial charge < -0.3 is 18.9 Å². The summed E-state index contributed by atoms with van der Waals surface area (Å²) in [6.45, 7) is 9.62. The van der Waals surface area contributed by atoms with Gasteiger partial charge in [0.15, 0.2) is 0 Å². The lowest BCUT2D eigenvalue weighted by atomic mass is 9.51. The van der Waals surface area contributed by atoms with E-state index >= 15 is 0 Å². The first kappa shape index (κ1) is 28.0. The summed E-state index contributed by atoms with van der Waals surface area (Å²) in [5.74, 6) is -1.53. The minimum absolute atomic E-state index is 0.0158. The molecule has 0 saturated heterocycles. The normalized spacial score (nSPS) is 24.9. The monoisotopic (exact) mass is 518 g/mol. The molecule has 2 aliphatic carbocycles. The van der Waals surface area contributed by atoms with Crippen LogP contribution in [0.1, 0.15) is 36.8 Å². The van der Waals surface area contributed by atoms with Crippen molar-refractivity contribution >= 4 is 11.8 Å². The number of carbonyl (C=O) groups excluding carboxylic acids is 2. The molecule has 0 unspecified atom stereocenters. The van der Waals surface area contributed by atoms with Crippen LogP contribution in [0.25, 0.3) is 0 Å². The quantitative estimate of drug-likeness (QED) is 0.290. The van der Waals surface area contributed by atoms with Gasteiger partial charge in [-0.1, -0.05) is 85.0 Å². The number of hydrogen-bond acceptors (Lipinski definition) is 6. The number of carbonyl (C=O) groups is 2. The van der Waals surface area contributed by atoms with E-state index in [2.05, 4.69) is 13.2 Å². The van der Waals surface area contributed by atoms with E-state index in [1.54, 1.807) is 7.11 Å². The maximum Gasteiger partial charge on any atom is 0.316 e. The van der Waals surface area contributed by atoms with Gasteiger partial charge in [-0.25, -0.2) is 0 Å². The van der Waals surface area contributed by atoms with E-state index in [9.17, 15) is 9.59 Å². The Labute approximate surface area is 225 Å². The van der Waals surface area contributed by atoms with Crippen molar-refractivity contribution in [2.45, 2.75) is 51.1 Å². The van der Waals surface area contributed by atoms with E-state index < -0.39 is 35.4 Å². The third-order valence-electron chi connectivity index (χ3n) is 8.10. The Morgan fingerprint density at radius 2 is 1.58 bits per heavy atom. The zero-order chi connectivity index (χ0) is 27.1. The highest BCUT2D eigenvalue weighted by atomic mass is 16.6. The van der Waals surface area contributed by atoms with E-state index in [0.717, 1.165) is 22.3 Å². The standard InChI is InChI=1S/C32H38O6/c1-22-17-18-32(31(34)36-4)23(2)15-16-26(33)29(32)28(22)30(38-20-25-13-9-6-10-14-25)27(35-3)21-37-19-24-11-7-5-8-12-24/h5-14,27-30H,1-2,15-21H2,3-4H3/t27-,28+,29-,30-,32-/m1/s1. The van der Waals surface area contributed by atoms with Gasteiger partial charge in [0, 0.05) is 25.4 Å². The number of rotatable bonds is 11. The maximum atomic E-state index is 13.6. The highest BCUT2D eigenvalue weighted by Crippen LogP contribution is 2.57. The third-order valence-corrected chi connectivity index (χ3v) is 8.10. The van der Waals surface area contributed by atoms with Gasteiger partial charge in [-0.05, 0) is 30.4 Å². The molecular formula is C32H38O6.